The molecule has 28 heavy (non-hydrogen) atoms. The number of para-hydroxylation sites is 1. The van der Waals surface area contributed by atoms with Crippen molar-refractivity contribution in [3.05, 3.63) is 64.9 Å². The SMILES string of the molecule is O=C(O)c1cnc2ccccc2c1-c1c(F)c(F)c(C2CC(O)C2)c(F)c1F. The van der Waals surface area contributed by atoms with Crippen LogP contribution in [0.15, 0.2) is 30.5 Å². The molecule has 0 radical (unpaired) electrons. The second-order valence-electron chi connectivity index (χ2n) is 6.74. The summed E-state index contributed by atoms with van der Waals surface area (Å²) in [5.74, 6) is -8.89. The molecule has 0 unspecified atom stereocenters. The molecule has 4 nitrogen and oxygen atoms in total. The molecule has 144 valence electrons. The van der Waals surface area contributed by atoms with E-state index in [-0.39, 0.29) is 23.7 Å². The lowest BCUT2D eigenvalue weighted by molar-refractivity contribution is 0.0694. The van der Waals surface area contributed by atoms with Gasteiger partial charge in [0.1, 0.15) is 0 Å². The summed E-state index contributed by atoms with van der Waals surface area (Å²) in [4.78, 5) is 15.5. The lowest BCUT2D eigenvalue weighted by Gasteiger charge is -2.32. The van der Waals surface area contributed by atoms with Crippen molar-refractivity contribution in [1.82, 2.24) is 4.98 Å². The number of carbonyl (C=O) groups is 1. The van der Waals surface area contributed by atoms with Crippen LogP contribution in [-0.2, 0) is 0 Å². The predicted molar refractivity (Wildman–Crippen MR) is 92.0 cm³/mol. The first-order valence-electron chi connectivity index (χ1n) is 8.46. The fourth-order valence-electron chi connectivity index (χ4n) is 3.62. The number of aliphatic hydroxyl groups excluding tert-OH is 1. The van der Waals surface area contributed by atoms with E-state index < -0.39 is 63.5 Å². The molecule has 2 aromatic carbocycles. The number of benzene rings is 2. The molecule has 4 rings (SSSR count). The number of aliphatic hydroxyl groups is 1. The van der Waals surface area contributed by atoms with Gasteiger partial charge in [-0.25, -0.2) is 22.4 Å². The molecule has 1 fully saturated rings. The zero-order chi connectivity index (χ0) is 20.2. The molecule has 1 heterocycles. The number of carboxylic acid groups (broad SMARTS) is 1. The van der Waals surface area contributed by atoms with Crippen molar-refractivity contribution in [2.24, 2.45) is 0 Å². The van der Waals surface area contributed by atoms with E-state index in [0.29, 0.717) is 0 Å². The summed E-state index contributed by atoms with van der Waals surface area (Å²) in [6.07, 6.45) is 0.0949. The van der Waals surface area contributed by atoms with E-state index in [1.807, 2.05) is 0 Å². The van der Waals surface area contributed by atoms with Crippen LogP contribution in [0, 0.1) is 23.3 Å². The summed E-state index contributed by atoms with van der Waals surface area (Å²) in [6.45, 7) is 0. The Hall–Kier alpha value is -3.00. The van der Waals surface area contributed by atoms with Crippen LogP contribution in [0.2, 0.25) is 0 Å². The largest absolute Gasteiger partial charge is 0.478 e. The van der Waals surface area contributed by atoms with E-state index in [1.165, 1.54) is 18.2 Å². The van der Waals surface area contributed by atoms with Crippen molar-refractivity contribution in [2.75, 3.05) is 0 Å². The molecule has 1 aliphatic carbocycles. The molecule has 1 saturated carbocycles. The molecule has 3 aromatic rings. The van der Waals surface area contributed by atoms with Gasteiger partial charge in [-0.3, -0.25) is 4.98 Å². The van der Waals surface area contributed by atoms with Gasteiger partial charge in [-0.15, -0.1) is 0 Å². The number of hydrogen-bond donors (Lipinski definition) is 2. The third-order valence-electron chi connectivity index (χ3n) is 5.07. The van der Waals surface area contributed by atoms with Crippen LogP contribution in [0.1, 0.15) is 34.7 Å². The molecule has 1 aromatic heterocycles. The average molecular weight is 391 g/mol. The predicted octanol–water partition coefficient (Wildman–Crippen LogP) is 4.39. The highest BCUT2D eigenvalue weighted by Gasteiger charge is 2.38. The molecule has 0 spiro atoms. The second kappa shape index (κ2) is 6.56. The molecule has 1 aliphatic rings. The lowest BCUT2D eigenvalue weighted by Crippen LogP contribution is -2.28. The Morgan fingerprint density at radius 1 is 0.964 bits per heavy atom. The average Bonchev–Trinajstić information content (AvgIpc) is 2.65. The Bertz CT molecular complexity index is 1100. The Morgan fingerprint density at radius 2 is 1.57 bits per heavy atom. The molecule has 0 atom stereocenters. The van der Waals surface area contributed by atoms with Crippen molar-refractivity contribution < 1.29 is 32.6 Å². The number of halogens is 4. The third kappa shape index (κ3) is 2.63. The molecule has 0 amide bonds. The van der Waals surface area contributed by atoms with Gasteiger partial charge in [0.25, 0.3) is 0 Å². The number of carboxylic acids is 1. The normalized spacial score (nSPS) is 18.9. The highest BCUT2D eigenvalue weighted by molar-refractivity contribution is 6.06. The highest BCUT2D eigenvalue weighted by atomic mass is 19.2. The van der Waals surface area contributed by atoms with Gasteiger partial charge in [0, 0.05) is 22.7 Å². The minimum Gasteiger partial charge on any atom is -0.478 e. The maximum Gasteiger partial charge on any atom is 0.337 e. The number of rotatable bonds is 3. The maximum absolute atomic E-state index is 14.9. The first-order chi connectivity index (χ1) is 13.3. The number of aromatic carboxylic acids is 1. The van der Waals surface area contributed by atoms with Crippen LogP contribution in [0.25, 0.3) is 22.0 Å². The third-order valence-corrected chi connectivity index (χ3v) is 5.07. The second-order valence-corrected chi connectivity index (χ2v) is 6.74. The molecular weight excluding hydrogens is 378 g/mol. The van der Waals surface area contributed by atoms with Crippen molar-refractivity contribution in [2.45, 2.75) is 24.9 Å². The van der Waals surface area contributed by atoms with Gasteiger partial charge in [0.2, 0.25) is 0 Å². The Morgan fingerprint density at radius 3 is 2.14 bits per heavy atom. The fraction of sp³-hybridized carbons (Fsp3) is 0.200. The number of pyridine rings is 1. The standard InChI is InChI=1S/C20H13F4NO3/c21-16-13(8-5-9(26)6-8)17(22)19(24)15(18(16)23)14-10-3-1-2-4-12(10)25-7-11(14)20(27)28/h1-4,7-9,26H,5-6H2,(H,27,28). The summed E-state index contributed by atoms with van der Waals surface area (Å²) in [7, 11) is 0. The number of nitrogens with zero attached hydrogens (tertiary/aromatic N) is 1. The van der Waals surface area contributed by atoms with Crippen LogP contribution < -0.4 is 0 Å². The van der Waals surface area contributed by atoms with Crippen LogP contribution in [0.3, 0.4) is 0 Å². The monoisotopic (exact) mass is 391 g/mol. The summed E-state index contributed by atoms with van der Waals surface area (Å²) in [6, 6.07) is 5.93. The minimum atomic E-state index is -1.67. The maximum atomic E-state index is 14.9. The smallest absolute Gasteiger partial charge is 0.337 e. The zero-order valence-electron chi connectivity index (χ0n) is 14.2. The Kier molecular flexibility index (Phi) is 4.30. The van der Waals surface area contributed by atoms with Gasteiger partial charge < -0.3 is 10.2 Å². The van der Waals surface area contributed by atoms with Gasteiger partial charge in [-0.1, -0.05) is 18.2 Å². The molecule has 0 aliphatic heterocycles. The topological polar surface area (TPSA) is 70.4 Å². The van der Waals surface area contributed by atoms with Crippen molar-refractivity contribution in [3.63, 3.8) is 0 Å². The lowest BCUT2D eigenvalue weighted by atomic mass is 9.76. The number of fused-ring (bicyclic) bond motifs is 1. The van der Waals surface area contributed by atoms with E-state index in [2.05, 4.69) is 4.98 Å². The molecule has 8 heteroatoms. The van der Waals surface area contributed by atoms with Crippen molar-refractivity contribution in [1.29, 1.82) is 0 Å². The quantitative estimate of drug-likeness (QED) is 0.513. The highest BCUT2D eigenvalue weighted by Crippen LogP contribution is 2.44. The van der Waals surface area contributed by atoms with Gasteiger partial charge in [0.05, 0.1) is 22.7 Å². The van der Waals surface area contributed by atoms with Gasteiger partial charge in [-0.05, 0) is 24.8 Å². The van der Waals surface area contributed by atoms with E-state index in [0.717, 1.165) is 6.20 Å². The van der Waals surface area contributed by atoms with Crippen LogP contribution in [0.5, 0.6) is 0 Å². The first kappa shape index (κ1) is 18.4. The summed E-state index contributed by atoms with van der Waals surface area (Å²) in [5, 5.41) is 18.8. The molecule has 0 bridgehead atoms. The van der Waals surface area contributed by atoms with E-state index in [1.54, 1.807) is 6.07 Å². The van der Waals surface area contributed by atoms with Crippen LogP contribution >= 0.6 is 0 Å². The Balaban J connectivity index is 2.06. The molecule has 0 saturated heterocycles. The molecule has 2 N–H and O–H groups in total. The fourth-order valence-corrected chi connectivity index (χ4v) is 3.62. The Labute approximate surface area is 156 Å². The van der Waals surface area contributed by atoms with E-state index >= 15 is 0 Å². The van der Waals surface area contributed by atoms with E-state index in [9.17, 15) is 32.6 Å². The number of aromatic nitrogens is 1. The van der Waals surface area contributed by atoms with Gasteiger partial charge in [-0.2, -0.15) is 0 Å². The minimum absolute atomic E-state index is 0.00930. The van der Waals surface area contributed by atoms with Crippen molar-refractivity contribution >= 4 is 16.9 Å². The van der Waals surface area contributed by atoms with Crippen LogP contribution in [-0.4, -0.2) is 27.3 Å². The van der Waals surface area contributed by atoms with E-state index in [4.69, 9.17) is 0 Å². The molecular formula is C20H13F4NO3. The van der Waals surface area contributed by atoms with Gasteiger partial charge in [0.15, 0.2) is 23.3 Å². The zero-order valence-corrected chi connectivity index (χ0v) is 14.2. The van der Waals surface area contributed by atoms with Crippen molar-refractivity contribution in [3.8, 4) is 11.1 Å². The number of hydrogen-bond acceptors (Lipinski definition) is 3. The summed E-state index contributed by atoms with van der Waals surface area (Å²) in [5.41, 5.74) is -2.70. The summed E-state index contributed by atoms with van der Waals surface area (Å²) >= 11 is 0. The van der Waals surface area contributed by atoms with Gasteiger partial charge >= 0.3 is 5.97 Å². The van der Waals surface area contributed by atoms with Crippen LogP contribution in [0.4, 0.5) is 17.6 Å². The summed E-state index contributed by atoms with van der Waals surface area (Å²) < 4.78 is 59.2. The first-order valence-corrected chi connectivity index (χ1v) is 8.46.